The summed E-state index contributed by atoms with van der Waals surface area (Å²) in [6, 6.07) is 0. The van der Waals surface area contributed by atoms with Crippen LogP contribution in [0.2, 0.25) is 0 Å². The van der Waals surface area contributed by atoms with Crippen molar-refractivity contribution in [3.05, 3.63) is 0 Å². The molecule has 0 rings (SSSR count). The fourth-order valence-electron chi connectivity index (χ4n) is 0. The molecule has 11 heteroatoms. The SMILES string of the molecule is O=C(O)C(=O)O.OB(O)O.[Li+].[O-]CF. The number of carboxylic acid groups (broad SMARTS) is 2. The summed E-state index contributed by atoms with van der Waals surface area (Å²) in [4.78, 5) is 18.2. The van der Waals surface area contributed by atoms with Gasteiger partial charge in [0, 0.05) is 6.86 Å². The maximum Gasteiger partial charge on any atom is 1.00 e. The Hall–Kier alpha value is -0.628. The smallest absolute Gasteiger partial charge is 0.830 e. The van der Waals surface area contributed by atoms with Gasteiger partial charge in [-0.05, 0) is 0 Å². The summed E-state index contributed by atoms with van der Waals surface area (Å²) in [5.74, 6) is -3.65. The molecule has 0 amide bonds. The van der Waals surface area contributed by atoms with E-state index in [2.05, 4.69) is 0 Å². The van der Waals surface area contributed by atoms with E-state index in [4.69, 9.17) is 40.0 Å². The van der Waals surface area contributed by atoms with Crippen molar-refractivity contribution in [2.24, 2.45) is 0 Å². The van der Waals surface area contributed by atoms with Gasteiger partial charge < -0.3 is 30.4 Å². The Morgan fingerprint density at radius 2 is 1.21 bits per heavy atom. The molecule has 0 aliphatic carbocycles. The number of carbonyl (C=O) groups is 2. The first-order chi connectivity index (χ1) is 5.79. The Morgan fingerprint density at radius 3 is 1.21 bits per heavy atom. The van der Waals surface area contributed by atoms with E-state index in [1.54, 1.807) is 0 Å². The minimum atomic E-state index is -2.17. The van der Waals surface area contributed by atoms with Crippen LogP contribution in [0.1, 0.15) is 0 Å². The van der Waals surface area contributed by atoms with Gasteiger partial charge in [0.2, 0.25) is 0 Å². The molecule has 0 heterocycles. The monoisotopic (exact) mass is 208 g/mol. The van der Waals surface area contributed by atoms with E-state index < -0.39 is 26.1 Å². The van der Waals surface area contributed by atoms with Gasteiger partial charge in [0.1, 0.15) is 0 Å². The van der Waals surface area contributed by atoms with E-state index in [1.807, 2.05) is 0 Å². The standard InChI is InChI=1S/C2H2O4.CH2FO.BH3O3.Li/c3-1(4)2(5)6;2-1-3;2-1(3)4;/h(H,3,4)(H,5,6);1H2;2-4H;/q;-1;;+1. The summed E-state index contributed by atoms with van der Waals surface area (Å²) in [6.07, 6.45) is 0. The predicted octanol–water partition coefficient (Wildman–Crippen LogP) is -6.62. The molecule has 0 aromatic carbocycles. The van der Waals surface area contributed by atoms with Crippen LogP contribution in [0.4, 0.5) is 4.39 Å². The number of carboxylic acids is 2. The van der Waals surface area contributed by atoms with Gasteiger partial charge in [-0.3, -0.25) is 4.39 Å². The second kappa shape index (κ2) is 18.2. The van der Waals surface area contributed by atoms with Crippen LogP contribution < -0.4 is 24.0 Å². The quantitative estimate of drug-likeness (QED) is 0.194. The molecular formula is C3H7BFLiO8. The van der Waals surface area contributed by atoms with Crippen molar-refractivity contribution in [3.8, 4) is 0 Å². The first kappa shape index (κ1) is 23.3. The molecule has 0 aliphatic heterocycles. The molecule has 0 radical (unpaired) electrons. The fourth-order valence-corrected chi connectivity index (χ4v) is 0. The Labute approximate surface area is 90.0 Å². The molecule has 0 atom stereocenters. The van der Waals surface area contributed by atoms with E-state index in [0.29, 0.717) is 0 Å². The van der Waals surface area contributed by atoms with E-state index >= 15 is 0 Å². The molecule has 0 aromatic rings. The zero-order chi connectivity index (χ0) is 11.4. The largest absolute Gasteiger partial charge is 1.00 e. The van der Waals surface area contributed by atoms with Crippen LogP contribution in [0.15, 0.2) is 0 Å². The van der Waals surface area contributed by atoms with Crippen LogP contribution >= 0.6 is 0 Å². The molecule has 8 nitrogen and oxygen atoms in total. The molecule has 0 fully saturated rings. The molecule has 14 heavy (non-hydrogen) atoms. The van der Waals surface area contributed by atoms with Crippen molar-refractivity contribution >= 4 is 19.3 Å². The Morgan fingerprint density at radius 1 is 1.14 bits per heavy atom. The van der Waals surface area contributed by atoms with Crippen LogP contribution in [0, 0.1) is 0 Å². The van der Waals surface area contributed by atoms with Crippen LogP contribution in [0.5, 0.6) is 0 Å². The van der Waals surface area contributed by atoms with E-state index in [-0.39, 0.29) is 18.9 Å². The molecule has 5 N–H and O–H groups in total. The minimum Gasteiger partial charge on any atom is -0.830 e. The van der Waals surface area contributed by atoms with Gasteiger partial charge in [-0.15, -0.1) is 0 Å². The van der Waals surface area contributed by atoms with Crippen LogP contribution in [0.3, 0.4) is 0 Å². The first-order valence-electron chi connectivity index (χ1n) is 2.44. The maximum atomic E-state index is 9.74. The zero-order valence-electron chi connectivity index (χ0n) is 7.12. The number of aliphatic carboxylic acids is 2. The normalized spacial score (nSPS) is 6.36. The number of halogens is 1. The molecule has 0 saturated heterocycles. The van der Waals surface area contributed by atoms with Gasteiger partial charge in [0.15, 0.2) is 0 Å². The van der Waals surface area contributed by atoms with Gasteiger partial charge in [-0.25, -0.2) is 9.59 Å². The minimum absolute atomic E-state index is 0. The van der Waals surface area contributed by atoms with Crippen LogP contribution in [0.25, 0.3) is 0 Å². The summed E-state index contributed by atoms with van der Waals surface area (Å²) in [5.41, 5.74) is 0. The van der Waals surface area contributed by atoms with Gasteiger partial charge >= 0.3 is 38.1 Å². The Balaban J connectivity index is -0.0000000553. The molecule has 0 aliphatic rings. The van der Waals surface area contributed by atoms with Gasteiger partial charge in [0.25, 0.3) is 0 Å². The van der Waals surface area contributed by atoms with Gasteiger partial charge in [-0.2, -0.15) is 0 Å². The zero-order valence-corrected chi connectivity index (χ0v) is 7.12. The van der Waals surface area contributed by atoms with Crippen LogP contribution in [-0.2, 0) is 9.59 Å². The van der Waals surface area contributed by atoms with Crippen molar-refractivity contribution in [3.63, 3.8) is 0 Å². The summed E-state index contributed by atoms with van der Waals surface area (Å²) >= 11 is 0. The average Bonchev–Trinajstić information content (AvgIpc) is 1.87. The second-order valence-corrected chi connectivity index (χ2v) is 1.07. The fraction of sp³-hybridized carbons (Fsp3) is 0.333. The summed E-state index contributed by atoms with van der Waals surface area (Å²) in [5, 5.41) is 44.5. The molecule has 0 aromatic heterocycles. The number of hydrogen-bond acceptors (Lipinski definition) is 6. The molecule has 78 valence electrons. The number of rotatable bonds is 0. The molecule has 0 unspecified atom stereocenters. The Bertz CT molecular complexity index is 128. The van der Waals surface area contributed by atoms with Crippen molar-refractivity contribution in [2.75, 3.05) is 6.86 Å². The third-order valence-electron chi connectivity index (χ3n) is 0.183. The Kier molecular flexibility index (Phi) is 30.3. The van der Waals surface area contributed by atoms with E-state index in [1.165, 1.54) is 0 Å². The third kappa shape index (κ3) is 108. The number of alkyl halides is 1. The van der Waals surface area contributed by atoms with Crippen molar-refractivity contribution in [1.29, 1.82) is 0 Å². The molecular weight excluding hydrogens is 201 g/mol. The van der Waals surface area contributed by atoms with E-state index in [0.717, 1.165) is 0 Å². The van der Waals surface area contributed by atoms with Crippen LogP contribution in [-0.4, -0.2) is 51.4 Å². The molecule has 0 saturated carbocycles. The summed E-state index contributed by atoms with van der Waals surface area (Å²) in [7, 11) is -2.17. The molecule has 0 bridgehead atoms. The topological polar surface area (TPSA) is 158 Å². The van der Waals surface area contributed by atoms with Gasteiger partial charge in [0.05, 0.1) is 0 Å². The van der Waals surface area contributed by atoms with Crippen molar-refractivity contribution < 1.29 is 63.2 Å². The average molecular weight is 208 g/mol. The summed E-state index contributed by atoms with van der Waals surface area (Å²) in [6.45, 7) is -1.50. The third-order valence-corrected chi connectivity index (χ3v) is 0.183. The maximum absolute atomic E-state index is 9.74. The van der Waals surface area contributed by atoms with Crippen molar-refractivity contribution in [1.82, 2.24) is 0 Å². The second-order valence-electron chi connectivity index (χ2n) is 1.07. The van der Waals surface area contributed by atoms with Gasteiger partial charge in [-0.1, -0.05) is 0 Å². The number of hydrogen-bond donors (Lipinski definition) is 5. The first-order valence-corrected chi connectivity index (χ1v) is 2.44. The van der Waals surface area contributed by atoms with Crippen molar-refractivity contribution in [2.45, 2.75) is 0 Å². The van der Waals surface area contributed by atoms with E-state index in [9.17, 15) is 4.39 Å². The molecule has 0 spiro atoms. The summed E-state index contributed by atoms with van der Waals surface area (Å²) < 4.78 is 9.74. The predicted molar refractivity (Wildman–Crippen MR) is 33.7 cm³/mol.